The molecule has 0 radical (unpaired) electrons. The monoisotopic (exact) mass is 402 g/mol. The highest BCUT2D eigenvalue weighted by molar-refractivity contribution is 5.96. The van der Waals surface area contributed by atoms with Crippen LogP contribution in [0.1, 0.15) is 24.9 Å². The average molecular weight is 402 g/mol. The maximum atomic E-state index is 13.1. The summed E-state index contributed by atoms with van der Waals surface area (Å²) in [5.74, 6) is 1.35. The Balaban J connectivity index is 1.50. The van der Waals surface area contributed by atoms with Gasteiger partial charge < -0.3 is 19.7 Å². The van der Waals surface area contributed by atoms with Crippen LogP contribution in [0.25, 0.3) is 0 Å². The molecule has 5 nitrogen and oxygen atoms in total. The maximum Gasteiger partial charge on any atom is 0.265 e. The average Bonchev–Trinajstić information content (AvgIpc) is 2.78. The number of carbonyl (C=O) groups excluding carboxylic acids is 1. The molecule has 0 bridgehead atoms. The molecule has 0 spiro atoms. The van der Waals surface area contributed by atoms with E-state index in [2.05, 4.69) is 30.4 Å². The number of hydrogen-bond acceptors (Lipinski definition) is 4. The van der Waals surface area contributed by atoms with Gasteiger partial charge >= 0.3 is 0 Å². The quantitative estimate of drug-likeness (QED) is 0.627. The van der Waals surface area contributed by atoms with E-state index >= 15 is 0 Å². The second kappa shape index (κ2) is 8.91. The summed E-state index contributed by atoms with van der Waals surface area (Å²) in [5, 5.41) is 3.61. The topological polar surface area (TPSA) is 50.8 Å². The Bertz CT molecular complexity index is 989. The van der Waals surface area contributed by atoms with Crippen molar-refractivity contribution in [2.75, 3.05) is 23.9 Å². The van der Waals surface area contributed by atoms with Crippen molar-refractivity contribution in [3.63, 3.8) is 0 Å². The lowest BCUT2D eigenvalue weighted by molar-refractivity contribution is -0.121. The predicted molar refractivity (Wildman–Crippen MR) is 119 cm³/mol. The third-order valence-corrected chi connectivity index (χ3v) is 5.39. The van der Waals surface area contributed by atoms with E-state index in [1.165, 1.54) is 0 Å². The van der Waals surface area contributed by atoms with E-state index in [1.807, 2.05) is 53.4 Å². The number of rotatable bonds is 6. The number of carbonyl (C=O) groups is 1. The second-order valence-corrected chi connectivity index (χ2v) is 7.43. The minimum Gasteiger partial charge on any atom is -0.497 e. The SMILES string of the molecule is COc1ccc(OCC(=O)N2c3ccccc3[C@@H](Nc3ccccc3)C[C@H]2C)cc1. The van der Waals surface area contributed by atoms with Crippen molar-refractivity contribution in [2.24, 2.45) is 0 Å². The zero-order valence-electron chi connectivity index (χ0n) is 17.2. The van der Waals surface area contributed by atoms with E-state index in [4.69, 9.17) is 9.47 Å². The van der Waals surface area contributed by atoms with Gasteiger partial charge in [0.2, 0.25) is 0 Å². The summed E-state index contributed by atoms with van der Waals surface area (Å²) in [7, 11) is 1.62. The molecule has 154 valence electrons. The van der Waals surface area contributed by atoms with Crippen LogP contribution in [0.2, 0.25) is 0 Å². The van der Waals surface area contributed by atoms with E-state index in [0.717, 1.165) is 29.1 Å². The van der Waals surface area contributed by atoms with Crippen LogP contribution in [-0.4, -0.2) is 25.7 Å². The van der Waals surface area contributed by atoms with Gasteiger partial charge in [0.25, 0.3) is 5.91 Å². The van der Waals surface area contributed by atoms with Crippen LogP contribution < -0.4 is 19.7 Å². The van der Waals surface area contributed by atoms with E-state index in [-0.39, 0.29) is 24.6 Å². The first-order valence-corrected chi connectivity index (χ1v) is 10.1. The Hall–Kier alpha value is -3.47. The van der Waals surface area contributed by atoms with Crippen molar-refractivity contribution < 1.29 is 14.3 Å². The zero-order chi connectivity index (χ0) is 20.9. The van der Waals surface area contributed by atoms with Crippen LogP contribution >= 0.6 is 0 Å². The van der Waals surface area contributed by atoms with Gasteiger partial charge in [-0.2, -0.15) is 0 Å². The Morgan fingerprint density at radius 3 is 2.37 bits per heavy atom. The summed E-state index contributed by atoms with van der Waals surface area (Å²) in [5.41, 5.74) is 3.14. The normalized spacial score (nSPS) is 17.7. The first kappa shape index (κ1) is 19.8. The molecule has 0 aromatic heterocycles. The molecule has 0 saturated carbocycles. The van der Waals surface area contributed by atoms with Crippen LogP contribution in [0.5, 0.6) is 11.5 Å². The summed E-state index contributed by atoms with van der Waals surface area (Å²) < 4.78 is 10.9. The first-order valence-electron chi connectivity index (χ1n) is 10.1. The van der Waals surface area contributed by atoms with Gasteiger partial charge in [-0.25, -0.2) is 0 Å². The number of methoxy groups -OCH3 is 1. The molecular formula is C25H26N2O3. The summed E-state index contributed by atoms with van der Waals surface area (Å²) in [6, 6.07) is 25.7. The van der Waals surface area contributed by atoms with Crippen molar-refractivity contribution in [1.29, 1.82) is 0 Å². The number of benzene rings is 3. The van der Waals surface area contributed by atoms with Gasteiger partial charge in [-0.3, -0.25) is 4.79 Å². The summed E-state index contributed by atoms with van der Waals surface area (Å²) in [4.78, 5) is 15.0. The van der Waals surface area contributed by atoms with Gasteiger partial charge in [0.15, 0.2) is 6.61 Å². The zero-order valence-corrected chi connectivity index (χ0v) is 17.2. The Labute approximate surface area is 177 Å². The fourth-order valence-electron chi connectivity index (χ4n) is 3.95. The van der Waals surface area contributed by atoms with E-state index in [1.54, 1.807) is 19.2 Å². The van der Waals surface area contributed by atoms with Crippen LogP contribution in [0.3, 0.4) is 0 Å². The van der Waals surface area contributed by atoms with Crippen molar-refractivity contribution in [2.45, 2.75) is 25.4 Å². The Kier molecular flexibility index (Phi) is 5.89. The molecule has 1 amide bonds. The maximum absolute atomic E-state index is 13.1. The van der Waals surface area contributed by atoms with Gasteiger partial charge in [0.1, 0.15) is 11.5 Å². The Morgan fingerprint density at radius 2 is 1.63 bits per heavy atom. The van der Waals surface area contributed by atoms with Crippen LogP contribution in [0.4, 0.5) is 11.4 Å². The number of fused-ring (bicyclic) bond motifs is 1. The van der Waals surface area contributed by atoms with Gasteiger partial charge in [0.05, 0.1) is 13.2 Å². The van der Waals surface area contributed by atoms with Gasteiger partial charge in [-0.1, -0.05) is 36.4 Å². The molecule has 2 atom stereocenters. The number of ether oxygens (including phenoxy) is 2. The van der Waals surface area contributed by atoms with Crippen molar-refractivity contribution >= 4 is 17.3 Å². The molecule has 4 rings (SSSR count). The molecule has 1 N–H and O–H groups in total. The predicted octanol–water partition coefficient (Wildman–Crippen LogP) is 5.05. The Morgan fingerprint density at radius 1 is 0.967 bits per heavy atom. The third kappa shape index (κ3) is 4.25. The molecule has 3 aromatic carbocycles. The van der Waals surface area contributed by atoms with E-state index in [0.29, 0.717) is 5.75 Å². The second-order valence-electron chi connectivity index (χ2n) is 7.43. The van der Waals surface area contributed by atoms with Gasteiger partial charge in [-0.15, -0.1) is 0 Å². The number of nitrogens with one attached hydrogen (secondary N) is 1. The number of para-hydroxylation sites is 2. The van der Waals surface area contributed by atoms with Crippen LogP contribution in [-0.2, 0) is 4.79 Å². The number of amides is 1. The summed E-state index contributed by atoms with van der Waals surface area (Å²) >= 11 is 0. The third-order valence-electron chi connectivity index (χ3n) is 5.39. The first-order chi connectivity index (χ1) is 14.7. The number of anilines is 2. The summed E-state index contributed by atoms with van der Waals surface area (Å²) in [6.07, 6.45) is 0.820. The highest BCUT2D eigenvalue weighted by Crippen LogP contribution is 2.38. The van der Waals surface area contributed by atoms with Crippen LogP contribution in [0.15, 0.2) is 78.9 Å². The summed E-state index contributed by atoms with van der Waals surface area (Å²) in [6.45, 7) is 2.07. The molecule has 1 aliphatic rings. The fraction of sp³-hybridized carbons (Fsp3) is 0.240. The van der Waals surface area contributed by atoms with E-state index in [9.17, 15) is 4.79 Å². The van der Waals surface area contributed by atoms with Gasteiger partial charge in [-0.05, 0) is 61.4 Å². The highest BCUT2D eigenvalue weighted by Gasteiger charge is 2.33. The smallest absolute Gasteiger partial charge is 0.265 e. The fourth-order valence-corrected chi connectivity index (χ4v) is 3.95. The molecule has 0 fully saturated rings. The molecule has 5 heteroatoms. The molecule has 0 aliphatic carbocycles. The minimum absolute atomic E-state index is 0.0121. The molecular weight excluding hydrogens is 376 g/mol. The van der Waals surface area contributed by atoms with Crippen LogP contribution in [0, 0.1) is 0 Å². The standard InChI is InChI=1S/C25H26N2O3/c1-18-16-23(26-19-8-4-3-5-9-19)22-10-6-7-11-24(22)27(18)25(28)17-30-21-14-12-20(29-2)13-15-21/h3-15,18,23,26H,16-17H2,1-2H3/t18-,23+/m1/s1. The lowest BCUT2D eigenvalue weighted by atomic mass is 9.91. The number of hydrogen-bond donors (Lipinski definition) is 1. The lowest BCUT2D eigenvalue weighted by Gasteiger charge is -2.40. The molecule has 0 unspecified atom stereocenters. The molecule has 0 saturated heterocycles. The number of nitrogens with zero attached hydrogens (tertiary/aromatic N) is 1. The molecule has 3 aromatic rings. The molecule has 1 heterocycles. The van der Waals surface area contributed by atoms with Gasteiger partial charge in [0, 0.05) is 17.4 Å². The lowest BCUT2D eigenvalue weighted by Crippen LogP contribution is -2.46. The largest absolute Gasteiger partial charge is 0.497 e. The van der Waals surface area contributed by atoms with Crippen molar-refractivity contribution in [1.82, 2.24) is 0 Å². The van der Waals surface area contributed by atoms with Crippen molar-refractivity contribution in [3.8, 4) is 11.5 Å². The van der Waals surface area contributed by atoms with E-state index < -0.39 is 0 Å². The molecule has 30 heavy (non-hydrogen) atoms. The minimum atomic E-state index is -0.0519. The van der Waals surface area contributed by atoms with Crippen molar-refractivity contribution in [3.05, 3.63) is 84.4 Å². The highest BCUT2D eigenvalue weighted by atomic mass is 16.5. The molecule has 1 aliphatic heterocycles.